The molecule has 5 nitrogen and oxygen atoms in total. The zero-order valence-corrected chi connectivity index (χ0v) is 19.0. The molecule has 0 unspecified atom stereocenters. The zero-order valence-electron chi connectivity index (χ0n) is 19.0. The number of ether oxygens (including phenoxy) is 1. The molecule has 168 valence electrons. The molecular weight excluding hydrogens is 412 g/mol. The largest absolute Gasteiger partial charge is 0.462 e. The number of hydrogen-bond donors (Lipinski definition) is 2. The molecule has 0 saturated carbocycles. The van der Waals surface area contributed by atoms with Gasteiger partial charge in [0.15, 0.2) is 0 Å². The molecule has 3 rings (SSSR count). The molecule has 0 fully saturated rings. The Kier molecular flexibility index (Phi) is 8.67. The Morgan fingerprint density at radius 3 is 2.30 bits per heavy atom. The Labute approximate surface area is 195 Å². The van der Waals surface area contributed by atoms with Crippen LogP contribution in [-0.4, -0.2) is 25.0 Å². The van der Waals surface area contributed by atoms with Crippen molar-refractivity contribution in [1.82, 2.24) is 0 Å². The smallest absolute Gasteiger partial charge is 0.340 e. The monoisotopic (exact) mass is 440 g/mol. The molecule has 0 aliphatic heterocycles. The first-order chi connectivity index (χ1) is 16.1. The molecule has 3 aromatic carbocycles. The van der Waals surface area contributed by atoms with Gasteiger partial charge in [-0.1, -0.05) is 55.5 Å². The number of esters is 1. The van der Waals surface area contributed by atoms with Gasteiger partial charge in [0.1, 0.15) is 0 Å². The molecule has 3 aromatic rings. The highest BCUT2D eigenvalue weighted by Gasteiger charge is 2.17. The third-order valence-electron chi connectivity index (χ3n) is 4.91. The van der Waals surface area contributed by atoms with Crippen molar-refractivity contribution in [2.24, 2.45) is 0 Å². The summed E-state index contributed by atoms with van der Waals surface area (Å²) in [5, 5.41) is 6.21. The number of para-hydroxylation sites is 1. The fraction of sp³-hybridized carbons (Fsp3) is 0.214. The second kappa shape index (κ2) is 12.1. The predicted molar refractivity (Wildman–Crippen MR) is 133 cm³/mol. The molecular formula is C28H28N2O3. The third-order valence-corrected chi connectivity index (χ3v) is 4.91. The van der Waals surface area contributed by atoms with E-state index in [4.69, 9.17) is 4.74 Å². The number of unbranched alkanes of at least 4 members (excludes halogenated alkanes) is 1. The zero-order chi connectivity index (χ0) is 23.5. The van der Waals surface area contributed by atoms with E-state index in [9.17, 15) is 9.59 Å². The van der Waals surface area contributed by atoms with Crippen molar-refractivity contribution in [1.29, 1.82) is 0 Å². The highest BCUT2D eigenvalue weighted by atomic mass is 16.5. The van der Waals surface area contributed by atoms with Crippen molar-refractivity contribution in [3.8, 4) is 11.8 Å². The van der Waals surface area contributed by atoms with E-state index in [0.29, 0.717) is 16.8 Å². The van der Waals surface area contributed by atoms with Crippen LogP contribution in [0.4, 0.5) is 11.4 Å². The average molecular weight is 441 g/mol. The van der Waals surface area contributed by atoms with Crippen LogP contribution in [0.2, 0.25) is 0 Å². The van der Waals surface area contributed by atoms with E-state index in [1.165, 1.54) is 0 Å². The molecule has 0 aliphatic carbocycles. The van der Waals surface area contributed by atoms with Gasteiger partial charge in [-0.3, -0.25) is 4.79 Å². The van der Waals surface area contributed by atoms with E-state index in [0.717, 1.165) is 36.2 Å². The first kappa shape index (κ1) is 23.6. The molecule has 0 atom stereocenters. The molecule has 0 bridgehead atoms. The summed E-state index contributed by atoms with van der Waals surface area (Å²) in [6.07, 6.45) is 2.03. The van der Waals surface area contributed by atoms with Crippen LogP contribution in [0.5, 0.6) is 0 Å². The lowest BCUT2D eigenvalue weighted by molar-refractivity contribution is 0.0527. The van der Waals surface area contributed by atoms with Crippen LogP contribution in [0.1, 0.15) is 58.5 Å². The molecule has 0 heterocycles. The molecule has 0 radical (unpaired) electrons. The van der Waals surface area contributed by atoms with Crippen LogP contribution < -0.4 is 10.6 Å². The molecule has 1 amide bonds. The summed E-state index contributed by atoms with van der Waals surface area (Å²) in [6.45, 7) is 4.87. The number of anilines is 2. The van der Waals surface area contributed by atoms with Gasteiger partial charge in [0.25, 0.3) is 5.91 Å². The lowest BCUT2D eigenvalue weighted by Crippen LogP contribution is -2.18. The van der Waals surface area contributed by atoms with Crippen LogP contribution in [0.3, 0.4) is 0 Å². The quantitative estimate of drug-likeness (QED) is 0.267. The van der Waals surface area contributed by atoms with Crippen LogP contribution in [0.25, 0.3) is 0 Å². The standard InChI is InChI=1S/C28H28N2O3/c1-3-5-19-29-25-18-17-22(16-15-21-11-7-6-8-12-21)20-24(25)27(31)30-26-14-10-9-13-23(26)28(32)33-4-2/h6-14,17-18,20,29H,3-5,19H2,1-2H3,(H,30,31). The van der Waals surface area contributed by atoms with Gasteiger partial charge in [0.05, 0.1) is 23.4 Å². The summed E-state index contributed by atoms with van der Waals surface area (Å²) in [5.74, 6) is 5.45. The van der Waals surface area contributed by atoms with Gasteiger partial charge in [-0.25, -0.2) is 4.79 Å². The average Bonchev–Trinajstić information content (AvgIpc) is 2.84. The SMILES string of the molecule is CCCCNc1ccc(C#Cc2ccccc2)cc1C(=O)Nc1ccccc1C(=O)OCC. The first-order valence-electron chi connectivity index (χ1n) is 11.1. The van der Waals surface area contributed by atoms with Crippen molar-refractivity contribution >= 4 is 23.3 Å². The lowest BCUT2D eigenvalue weighted by Gasteiger charge is -2.14. The van der Waals surface area contributed by atoms with Gasteiger partial charge in [0, 0.05) is 23.4 Å². The molecule has 0 aromatic heterocycles. The maximum Gasteiger partial charge on any atom is 0.340 e. The van der Waals surface area contributed by atoms with Crippen molar-refractivity contribution in [2.45, 2.75) is 26.7 Å². The normalized spacial score (nSPS) is 10.0. The summed E-state index contributed by atoms with van der Waals surface area (Å²) in [6, 6.07) is 22.1. The predicted octanol–water partition coefficient (Wildman–Crippen LogP) is 5.73. The van der Waals surface area contributed by atoms with E-state index in [2.05, 4.69) is 29.4 Å². The molecule has 2 N–H and O–H groups in total. The van der Waals surface area contributed by atoms with E-state index < -0.39 is 5.97 Å². The maximum atomic E-state index is 13.3. The third kappa shape index (κ3) is 6.72. The van der Waals surface area contributed by atoms with Gasteiger partial charge in [-0.2, -0.15) is 0 Å². The minimum atomic E-state index is -0.475. The number of rotatable bonds is 8. The van der Waals surface area contributed by atoms with Gasteiger partial charge < -0.3 is 15.4 Å². The van der Waals surface area contributed by atoms with Gasteiger partial charge >= 0.3 is 5.97 Å². The minimum Gasteiger partial charge on any atom is -0.462 e. The van der Waals surface area contributed by atoms with Gasteiger partial charge in [0.2, 0.25) is 0 Å². The van der Waals surface area contributed by atoms with Crippen LogP contribution >= 0.6 is 0 Å². The number of carbonyl (C=O) groups excluding carboxylic acids is 2. The van der Waals surface area contributed by atoms with Crippen LogP contribution in [0, 0.1) is 11.8 Å². The van der Waals surface area contributed by atoms with Crippen molar-refractivity contribution in [2.75, 3.05) is 23.8 Å². The first-order valence-corrected chi connectivity index (χ1v) is 11.1. The Morgan fingerprint density at radius 2 is 1.55 bits per heavy atom. The highest BCUT2D eigenvalue weighted by molar-refractivity contribution is 6.10. The topological polar surface area (TPSA) is 67.4 Å². The highest BCUT2D eigenvalue weighted by Crippen LogP contribution is 2.22. The fourth-order valence-electron chi connectivity index (χ4n) is 3.20. The summed E-state index contributed by atoms with van der Waals surface area (Å²) < 4.78 is 5.12. The number of carbonyl (C=O) groups is 2. The van der Waals surface area contributed by atoms with Gasteiger partial charge in [-0.15, -0.1) is 0 Å². The van der Waals surface area contributed by atoms with Crippen LogP contribution in [0.15, 0.2) is 72.8 Å². The summed E-state index contributed by atoms with van der Waals surface area (Å²) in [4.78, 5) is 25.6. The Morgan fingerprint density at radius 1 is 0.818 bits per heavy atom. The molecule has 0 aliphatic rings. The Hall–Kier alpha value is -4.04. The maximum absolute atomic E-state index is 13.3. The van der Waals surface area contributed by atoms with Gasteiger partial charge in [-0.05, 0) is 55.8 Å². The second-order valence-corrected chi connectivity index (χ2v) is 7.38. The Balaban J connectivity index is 1.91. The number of benzene rings is 3. The minimum absolute atomic E-state index is 0.259. The number of hydrogen-bond acceptors (Lipinski definition) is 4. The fourth-order valence-corrected chi connectivity index (χ4v) is 3.20. The molecule has 0 spiro atoms. The van der Waals surface area contributed by atoms with Crippen LogP contribution in [-0.2, 0) is 4.74 Å². The van der Waals surface area contributed by atoms with E-state index >= 15 is 0 Å². The summed E-state index contributed by atoms with van der Waals surface area (Å²) >= 11 is 0. The summed E-state index contributed by atoms with van der Waals surface area (Å²) in [7, 11) is 0. The number of amides is 1. The van der Waals surface area contributed by atoms with E-state index in [1.807, 2.05) is 42.5 Å². The second-order valence-electron chi connectivity index (χ2n) is 7.38. The van der Waals surface area contributed by atoms with Crippen molar-refractivity contribution in [3.05, 3.63) is 95.1 Å². The molecule has 0 saturated heterocycles. The molecule has 33 heavy (non-hydrogen) atoms. The molecule has 5 heteroatoms. The Bertz CT molecular complexity index is 1160. The summed E-state index contributed by atoms with van der Waals surface area (Å²) in [5.41, 5.74) is 3.53. The van der Waals surface area contributed by atoms with Crippen molar-refractivity contribution < 1.29 is 14.3 Å². The van der Waals surface area contributed by atoms with E-state index in [-0.39, 0.29) is 12.5 Å². The number of nitrogens with one attached hydrogen (secondary N) is 2. The van der Waals surface area contributed by atoms with Crippen molar-refractivity contribution in [3.63, 3.8) is 0 Å². The van der Waals surface area contributed by atoms with E-state index in [1.54, 1.807) is 37.3 Å². The lowest BCUT2D eigenvalue weighted by atomic mass is 10.1.